The summed E-state index contributed by atoms with van der Waals surface area (Å²) in [5.41, 5.74) is 1.99. The number of aryl methyl sites for hydroxylation is 2. The van der Waals surface area contributed by atoms with Gasteiger partial charge in [-0.25, -0.2) is 15.0 Å². The van der Waals surface area contributed by atoms with Gasteiger partial charge in [-0.05, 0) is 19.1 Å². The molecule has 3 heterocycles. The first-order valence-electron chi connectivity index (χ1n) is 7.74. The summed E-state index contributed by atoms with van der Waals surface area (Å²) < 4.78 is 1.93. The first-order chi connectivity index (χ1) is 12.1. The summed E-state index contributed by atoms with van der Waals surface area (Å²) in [6.07, 6.45) is 3.62. The van der Waals surface area contributed by atoms with E-state index < -0.39 is 0 Å². The quantitative estimate of drug-likeness (QED) is 0.613. The molecule has 1 N–H and O–H groups in total. The summed E-state index contributed by atoms with van der Waals surface area (Å²) in [5.74, 6) is 0.560. The van der Waals surface area contributed by atoms with Crippen LogP contribution in [0.1, 0.15) is 16.2 Å². The van der Waals surface area contributed by atoms with E-state index in [1.54, 1.807) is 12.3 Å². The first-order valence-corrected chi connectivity index (χ1v) is 8.56. The van der Waals surface area contributed by atoms with Crippen molar-refractivity contribution in [1.29, 1.82) is 0 Å². The third kappa shape index (κ3) is 2.89. The Bertz CT molecular complexity index is 1080. The van der Waals surface area contributed by atoms with Gasteiger partial charge in [-0.1, -0.05) is 35.6 Å². The summed E-state index contributed by atoms with van der Waals surface area (Å²) in [6, 6.07) is 11.3. The molecule has 3 aromatic heterocycles. The Kier molecular flexibility index (Phi) is 3.77. The predicted molar refractivity (Wildman–Crippen MR) is 98.7 cm³/mol. The number of fused-ring (bicyclic) bond motifs is 1. The van der Waals surface area contributed by atoms with Crippen molar-refractivity contribution < 1.29 is 4.79 Å². The number of carbonyl (C=O) groups is 1. The van der Waals surface area contributed by atoms with Gasteiger partial charge >= 0.3 is 0 Å². The highest BCUT2D eigenvalue weighted by Gasteiger charge is 2.16. The van der Waals surface area contributed by atoms with Crippen LogP contribution in [0.3, 0.4) is 0 Å². The van der Waals surface area contributed by atoms with Crippen LogP contribution in [0.15, 0.2) is 48.8 Å². The molecular weight excluding hydrogens is 334 g/mol. The van der Waals surface area contributed by atoms with Gasteiger partial charge in [-0.15, -0.1) is 0 Å². The molecule has 0 fully saturated rings. The van der Waals surface area contributed by atoms with E-state index in [9.17, 15) is 4.79 Å². The van der Waals surface area contributed by atoms with Crippen molar-refractivity contribution in [1.82, 2.24) is 19.5 Å². The van der Waals surface area contributed by atoms with E-state index in [1.807, 2.05) is 55.1 Å². The number of para-hydroxylation sites is 1. The molecule has 7 heteroatoms. The summed E-state index contributed by atoms with van der Waals surface area (Å²) in [4.78, 5) is 26.6. The molecule has 0 aliphatic carbocycles. The van der Waals surface area contributed by atoms with Gasteiger partial charge in [0.1, 0.15) is 5.69 Å². The monoisotopic (exact) mass is 349 g/mol. The molecule has 6 nitrogen and oxygen atoms in total. The molecule has 0 radical (unpaired) electrons. The van der Waals surface area contributed by atoms with Crippen LogP contribution in [0.4, 0.5) is 5.13 Å². The number of nitrogens with zero attached hydrogens (tertiary/aromatic N) is 4. The maximum atomic E-state index is 12.5. The van der Waals surface area contributed by atoms with Gasteiger partial charge in [-0.2, -0.15) is 0 Å². The van der Waals surface area contributed by atoms with Crippen LogP contribution in [0.5, 0.6) is 0 Å². The van der Waals surface area contributed by atoms with Gasteiger partial charge in [0.2, 0.25) is 0 Å². The molecule has 0 saturated heterocycles. The standard InChI is InChI=1S/C18H15N5OS/c1-11-15(16-19-9-10-23(16)2)25-18(20-11)22-17(24)14-8-7-12-5-3-4-6-13(12)21-14/h3-10H,1-2H3,(H,20,22,24). The number of pyridine rings is 1. The van der Waals surface area contributed by atoms with Crippen molar-refractivity contribution in [2.45, 2.75) is 6.92 Å². The summed E-state index contributed by atoms with van der Waals surface area (Å²) >= 11 is 1.40. The van der Waals surface area contributed by atoms with Crippen LogP contribution in [-0.2, 0) is 7.05 Å². The number of anilines is 1. The Balaban J connectivity index is 1.61. The van der Waals surface area contributed by atoms with Gasteiger partial charge in [0.05, 0.1) is 16.1 Å². The maximum absolute atomic E-state index is 12.5. The molecule has 124 valence electrons. The minimum atomic E-state index is -0.272. The lowest BCUT2D eigenvalue weighted by atomic mass is 10.2. The average molecular weight is 349 g/mol. The van der Waals surface area contributed by atoms with Crippen molar-refractivity contribution in [3.05, 3.63) is 60.2 Å². The maximum Gasteiger partial charge on any atom is 0.276 e. The zero-order valence-corrected chi connectivity index (χ0v) is 14.5. The summed E-state index contributed by atoms with van der Waals surface area (Å²) in [5, 5.41) is 4.37. The Morgan fingerprint density at radius 3 is 2.80 bits per heavy atom. The molecular formula is C18H15N5OS. The second kappa shape index (κ2) is 6.10. The van der Waals surface area contributed by atoms with E-state index in [0.29, 0.717) is 10.8 Å². The molecule has 0 spiro atoms. The van der Waals surface area contributed by atoms with Crippen LogP contribution in [0.2, 0.25) is 0 Å². The molecule has 4 rings (SSSR count). The van der Waals surface area contributed by atoms with Gasteiger partial charge in [0.15, 0.2) is 11.0 Å². The van der Waals surface area contributed by atoms with E-state index >= 15 is 0 Å². The number of nitrogens with one attached hydrogen (secondary N) is 1. The lowest BCUT2D eigenvalue weighted by molar-refractivity contribution is 0.102. The van der Waals surface area contributed by atoms with Gasteiger partial charge < -0.3 is 4.57 Å². The summed E-state index contributed by atoms with van der Waals surface area (Å²) in [7, 11) is 1.93. The number of thiazole rings is 1. The average Bonchev–Trinajstić information content (AvgIpc) is 3.19. The molecule has 0 bridgehead atoms. The smallest absolute Gasteiger partial charge is 0.276 e. The number of hydrogen-bond donors (Lipinski definition) is 1. The van der Waals surface area contributed by atoms with Crippen LogP contribution in [0.25, 0.3) is 21.6 Å². The van der Waals surface area contributed by atoms with E-state index in [2.05, 4.69) is 20.3 Å². The second-order valence-corrected chi connectivity index (χ2v) is 6.64. The fraction of sp³-hybridized carbons (Fsp3) is 0.111. The fourth-order valence-electron chi connectivity index (χ4n) is 2.60. The lowest BCUT2D eigenvalue weighted by Crippen LogP contribution is -2.13. The predicted octanol–water partition coefficient (Wildman–Crippen LogP) is 3.65. The van der Waals surface area contributed by atoms with Crippen LogP contribution >= 0.6 is 11.3 Å². The van der Waals surface area contributed by atoms with Gasteiger partial charge in [-0.3, -0.25) is 10.1 Å². The number of carbonyl (C=O) groups excluding carboxylic acids is 1. The minimum Gasteiger partial charge on any atom is -0.333 e. The van der Waals surface area contributed by atoms with E-state index in [-0.39, 0.29) is 5.91 Å². The van der Waals surface area contributed by atoms with Crippen molar-refractivity contribution in [3.63, 3.8) is 0 Å². The highest BCUT2D eigenvalue weighted by atomic mass is 32.1. The first kappa shape index (κ1) is 15.5. The van der Waals surface area contributed by atoms with Crippen LogP contribution < -0.4 is 5.32 Å². The third-order valence-corrected chi connectivity index (χ3v) is 4.94. The Morgan fingerprint density at radius 2 is 2.00 bits per heavy atom. The molecule has 1 aromatic carbocycles. The molecule has 0 saturated carbocycles. The number of hydrogen-bond acceptors (Lipinski definition) is 5. The third-order valence-electron chi connectivity index (χ3n) is 3.87. The highest BCUT2D eigenvalue weighted by molar-refractivity contribution is 7.19. The number of amides is 1. The number of rotatable bonds is 3. The molecule has 1 amide bonds. The second-order valence-electron chi connectivity index (χ2n) is 5.64. The van der Waals surface area contributed by atoms with Gasteiger partial charge in [0.25, 0.3) is 5.91 Å². The number of aromatic nitrogens is 4. The normalized spacial score (nSPS) is 11.0. The molecule has 4 aromatic rings. The SMILES string of the molecule is Cc1nc(NC(=O)c2ccc3ccccc3n2)sc1-c1nccn1C. The fourth-order valence-corrected chi connectivity index (χ4v) is 3.60. The van der Waals surface area contributed by atoms with Crippen molar-refractivity contribution in [2.24, 2.45) is 7.05 Å². The Hall–Kier alpha value is -3.06. The van der Waals surface area contributed by atoms with Crippen molar-refractivity contribution >= 4 is 33.3 Å². The lowest BCUT2D eigenvalue weighted by Gasteiger charge is -2.02. The molecule has 0 aliphatic rings. The molecule has 25 heavy (non-hydrogen) atoms. The zero-order valence-electron chi connectivity index (χ0n) is 13.7. The molecule has 0 unspecified atom stereocenters. The summed E-state index contributed by atoms with van der Waals surface area (Å²) in [6.45, 7) is 1.91. The van der Waals surface area contributed by atoms with Gasteiger partial charge in [0, 0.05) is 24.8 Å². The van der Waals surface area contributed by atoms with Crippen molar-refractivity contribution in [2.75, 3.05) is 5.32 Å². The molecule has 0 aliphatic heterocycles. The largest absolute Gasteiger partial charge is 0.333 e. The van der Waals surface area contributed by atoms with E-state index in [4.69, 9.17) is 0 Å². The minimum absolute atomic E-state index is 0.272. The van der Waals surface area contributed by atoms with E-state index in [0.717, 1.165) is 27.3 Å². The van der Waals surface area contributed by atoms with Crippen molar-refractivity contribution in [3.8, 4) is 10.7 Å². The van der Waals surface area contributed by atoms with Crippen LogP contribution in [-0.4, -0.2) is 25.4 Å². The Morgan fingerprint density at radius 1 is 1.16 bits per heavy atom. The number of benzene rings is 1. The zero-order chi connectivity index (χ0) is 17.4. The topological polar surface area (TPSA) is 72.7 Å². The highest BCUT2D eigenvalue weighted by Crippen LogP contribution is 2.31. The Labute approximate surface area is 148 Å². The number of imidazole rings is 1. The van der Waals surface area contributed by atoms with E-state index in [1.165, 1.54) is 11.3 Å². The van der Waals surface area contributed by atoms with Crippen LogP contribution in [0, 0.1) is 6.92 Å². The molecule has 0 atom stereocenters.